The van der Waals surface area contributed by atoms with Gasteiger partial charge in [0.05, 0.1) is 18.5 Å². The number of nitrogens with zero attached hydrogens (tertiary/aromatic N) is 2. The zero-order valence-electron chi connectivity index (χ0n) is 15.6. The molecule has 0 aliphatic carbocycles. The molecule has 3 aromatic rings. The van der Waals surface area contributed by atoms with Crippen molar-refractivity contribution in [3.63, 3.8) is 0 Å². The number of rotatable bonds is 7. The minimum Gasteiger partial charge on any atom is -0.497 e. The standard InChI is InChI=1S/C18H17FN6O4S/c1-29-10-6-7-12(19)14(8-10)24-18-22-9-11(16(20)26)17(25-18)23-13-4-2-3-5-15(13)30(21,27)28/h2-9H,1H3,(H2,20,26)(H2,21,27,28)(H2,22,23,24,25). The molecule has 0 aliphatic rings. The molecule has 2 aromatic carbocycles. The summed E-state index contributed by atoms with van der Waals surface area (Å²) in [4.78, 5) is 19.6. The highest BCUT2D eigenvalue weighted by Gasteiger charge is 2.18. The van der Waals surface area contributed by atoms with Gasteiger partial charge in [0, 0.05) is 12.3 Å². The van der Waals surface area contributed by atoms with E-state index in [1.165, 1.54) is 43.5 Å². The molecule has 1 aromatic heterocycles. The summed E-state index contributed by atoms with van der Waals surface area (Å²) in [7, 11) is -2.63. The number of amides is 1. The molecule has 0 saturated heterocycles. The van der Waals surface area contributed by atoms with E-state index in [2.05, 4.69) is 20.6 Å². The number of anilines is 4. The van der Waals surface area contributed by atoms with Crippen molar-refractivity contribution < 1.29 is 22.3 Å². The highest BCUT2D eigenvalue weighted by Crippen LogP contribution is 2.27. The Kier molecular flexibility index (Phi) is 5.80. The van der Waals surface area contributed by atoms with Crippen LogP contribution >= 0.6 is 0 Å². The molecule has 0 spiro atoms. The Morgan fingerprint density at radius 1 is 1.13 bits per heavy atom. The molecule has 1 heterocycles. The number of benzene rings is 2. The van der Waals surface area contributed by atoms with Crippen molar-refractivity contribution in [1.29, 1.82) is 0 Å². The van der Waals surface area contributed by atoms with Crippen molar-refractivity contribution in [1.82, 2.24) is 9.97 Å². The van der Waals surface area contributed by atoms with Gasteiger partial charge in [0.15, 0.2) is 0 Å². The first kappa shape index (κ1) is 21.0. The molecule has 156 valence electrons. The lowest BCUT2D eigenvalue weighted by Crippen LogP contribution is -2.17. The quantitative estimate of drug-likeness (QED) is 0.440. The number of ether oxygens (including phenoxy) is 1. The molecule has 0 unspecified atom stereocenters. The summed E-state index contributed by atoms with van der Waals surface area (Å²) in [6.07, 6.45) is 1.12. The number of nitrogens with two attached hydrogens (primary N) is 2. The van der Waals surface area contributed by atoms with E-state index in [0.717, 1.165) is 6.20 Å². The molecular weight excluding hydrogens is 415 g/mol. The molecule has 0 radical (unpaired) electrons. The van der Waals surface area contributed by atoms with Crippen LogP contribution in [0, 0.1) is 5.82 Å². The van der Waals surface area contributed by atoms with Crippen LogP contribution in [0.25, 0.3) is 0 Å². The van der Waals surface area contributed by atoms with E-state index in [0.29, 0.717) is 5.75 Å². The molecule has 10 nitrogen and oxygen atoms in total. The largest absolute Gasteiger partial charge is 0.497 e. The van der Waals surface area contributed by atoms with Crippen LogP contribution in [0.15, 0.2) is 53.6 Å². The normalized spacial score (nSPS) is 11.0. The van der Waals surface area contributed by atoms with Gasteiger partial charge in [0.25, 0.3) is 5.91 Å². The summed E-state index contributed by atoms with van der Waals surface area (Å²) in [5, 5.41) is 10.6. The van der Waals surface area contributed by atoms with Crippen LogP contribution in [0.1, 0.15) is 10.4 Å². The van der Waals surface area contributed by atoms with Crippen LogP contribution in [0.3, 0.4) is 0 Å². The van der Waals surface area contributed by atoms with E-state index in [1.807, 2.05) is 0 Å². The van der Waals surface area contributed by atoms with Gasteiger partial charge in [0.2, 0.25) is 16.0 Å². The predicted molar refractivity (Wildman–Crippen MR) is 108 cm³/mol. The second-order valence-corrected chi connectivity index (χ2v) is 7.49. The SMILES string of the molecule is COc1ccc(F)c(Nc2ncc(C(N)=O)c(Nc3ccccc3S(N)(=O)=O)n2)c1. The van der Waals surface area contributed by atoms with Gasteiger partial charge < -0.3 is 21.1 Å². The lowest BCUT2D eigenvalue weighted by atomic mass is 10.2. The van der Waals surface area contributed by atoms with E-state index < -0.39 is 21.7 Å². The van der Waals surface area contributed by atoms with Gasteiger partial charge in [-0.2, -0.15) is 4.98 Å². The summed E-state index contributed by atoms with van der Waals surface area (Å²) < 4.78 is 42.8. The van der Waals surface area contributed by atoms with Crippen molar-refractivity contribution in [3.8, 4) is 5.75 Å². The molecule has 1 amide bonds. The van der Waals surface area contributed by atoms with Crippen LogP contribution in [0.4, 0.5) is 27.5 Å². The van der Waals surface area contributed by atoms with Gasteiger partial charge in [-0.25, -0.2) is 22.9 Å². The lowest BCUT2D eigenvalue weighted by molar-refractivity contribution is 0.100. The number of methoxy groups -OCH3 is 1. The Bertz CT molecular complexity index is 1220. The first-order valence-corrected chi connectivity index (χ1v) is 9.90. The van der Waals surface area contributed by atoms with Crippen LogP contribution in [-0.4, -0.2) is 31.4 Å². The highest BCUT2D eigenvalue weighted by atomic mass is 32.2. The Labute approximate surface area is 171 Å². The first-order chi connectivity index (χ1) is 14.2. The second-order valence-electron chi connectivity index (χ2n) is 5.96. The van der Waals surface area contributed by atoms with Crippen molar-refractivity contribution in [2.45, 2.75) is 4.90 Å². The smallest absolute Gasteiger partial charge is 0.254 e. The average Bonchev–Trinajstić information content (AvgIpc) is 2.69. The number of para-hydroxylation sites is 1. The Hall–Kier alpha value is -3.77. The molecule has 3 rings (SSSR count). The van der Waals surface area contributed by atoms with Crippen molar-refractivity contribution in [2.75, 3.05) is 17.7 Å². The maximum absolute atomic E-state index is 14.1. The van der Waals surface area contributed by atoms with E-state index >= 15 is 0 Å². The summed E-state index contributed by atoms with van der Waals surface area (Å²) in [6.45, 7) is 0. The monoisotopic (exact) mass is 432 g/mol. The summed E-state index contributed by atoms with van der Waals surface area (Å²) >= 11 is 0. The predicted octanol–water partition coefficient (Wildman–Crippen LogP) is 1.86. The number of carbonyl (C=O) groups is 1. The summed E-state index contributed by atoms with van der Waals surface area (Å²) in [5.74, 6) is -1.23. The molecular formula is C18H17FN6O4S. The third-order valence-corrected chi connectivity index (χ3v) is 4.89. The van der Waals surface area contributed by atoms with Crippen LogP contribution < -0.4 is 26.2 Å². The van der Waals surface area contributed by atoms with E-state index in [1.54, 1.807) is 6.07 Å². The van der Waals surface area contributed by atoms with Gasteiger partial charge in [-0.1, -0.05) is 12.1 Å². The zero-order valence-corrected chi connectivity index (χ0v) is 16.4. The molecule has 30 heavy (non-hydrogen) atoms. The molecule has 0 saturated carbocycles. The van der Waals surface area contributed by atoms with E-state index in [-0.39, 0.29) is 33.6 Å². The maximum Gasteiger partial charge on any atom is 0.254 e. The lowest BCUT2D eigenvalue weighted by Gasteiger charge is -2.14. The van der Waals surface area contributed by atoms with Crippen LogP contribution in [0.2, 0.25) is 0 Å². The minimum absolute atomic E-state index is 0.0251. The van der Waals surface area contributed by atoms with Gasteiger partial charge in [0.1, 0.15) is 27.8 Å². The van der Waals surface area contributed by atoms with E-state index in [4.69, 9.17) is 15.6 Å². The van der Waals surface area contributed by atoms with Gasteiger partial charge in [-0.05, 0) is 24.3 Å². The molecule has 12 heteroatoms. The van der Waals surface area contributed by atoms with E-state index in [9.17, 15) is 17.6 Å². The topological polar surface area (TPSA) is 162 Å². The summed E-state index contributed by atoms with van der Waals surface area (Å²) in [5.41, 5.74) is 5.34. The number of carbonyl (C=O) groups excluding carboxylic acids is 1. The number of nitrogens with one attached hydrogen (secondary N) is 2. The first-order valence-electron chi connectivity index (χ1n) is 8.35. The van der Waals surface area contributed by atoms with Crippen LogP contribution in [0.5, 0.6) is 5.75 Å². The number of halogens is 1. The average molecular weight is 432 g/mol. The van der Waals surface area contributed by atoms with Crippen molar-refractivity contribution in [3.05, 3.63) is 60.0 Å². The van der Waals surface area contributed by atoms with Gasteiger partial charge in [-0.3, -0.25) is 4.79 Å². The number of aromatic nitrogens is 2. The Balaban J connectivity index is 2.02. The molecule has 6 N–H and O–H groups in total. The number of hydrogen-bond donors (Lipinski definition) is 4. The number of sulfonamides is 1. The van der Waals surface area contributed by atoms with Crippen molar-refractivity contribution >= 4 is 39.1 Å². The Morgan fingerprint density at radius 3 is 2.53 bits per heavy atom. The highest BCUT2D eigenvalue weighted by molar-refractivity contribution is 7.89. The molecule has 0 atom stereocenters. The van der Waals surface area contributed by atoms with Crippen molar-refractivity contribution in [2.24, 2.45) is 10.9 Å². The minimum atomic E-state index is -4.06. The number of primary sulfonamides is 1. The third-order valence-electron chi connectivity index (χ3n) is 3.92. The third kappa shape index (κ3) is 4.61. The van der Waals surface area contributed by atoms with Gasteiger partial charge >= 0.3 is 0 Å². The number of primary amides is 1. The molecule has 0 bridgehead atoms. The fourth-order valence-corrected chi connectivity index (χ4v) is 3.20. The molecule has 0 aliphatic heterocycles. The second kappa shape index (κ2) is 8.31. The summed E-state index contributed by atoms with van der Waals surface area (Å²) in [6, 6.07) is 9.79. The maximum atomic E-state index is 14.1. The van der Waals surface area contributed by atoms with Crippen LogP contribution in [-0.2, 0) is 10.0 Å². The Morgan fingerprint density at radius 2 is 1.87 bits per heavy atom. The molecule has 0 fully saturated rings. The zero-order chi connectivity index (χ0) is 21.9. The van der Waals surface area contributed by atoms with Gasteiger partial charge in [-0.15, -0.1) is 0 Å². The fraction of sp³-hybridized carbons (Fsp3) is 0.0556. The fourth-order valence-electron chi connectivity index (χ4n) is 2.51. The number of hydrogen-bond acceptors (Lipinski definition) is 8.